The van der Waals surface area contributed by atoms with Crippen LogP contribution in [-0.4, -0.2) is 54.9 Å². The first-order valence-corrected chi connectivity index (χ1v) is 12.6. The van der Waals surface area contributed by atoms with Crippen molar-refractivity contribution < 1.29 is 9.53 Å². The zero-order chi connectivity index (χ0) is 24.0. The smallest absolute Gasteiger partial charge is 0.253 e. The first-order chi connectivity index (χ1) is 17.1. The maximum atomic E-state index is 13.6. The van der Waals surface area contributed by atoms with Crippen LogP contribution in [0.25, 0.3) is 0 Å². The van der Waals surface area contributed by atoms with E-state index in [2.05, 4.69) is 50.2 Å². The first-order valence-electron chi connectivity index (χ1n) is 12.6. The largest absolute Gasteiger partial charge is 0.381 e. The Morgan fingerprint density at radius 1 is 1.11 bits per heavy atom. The van der Waals surface area contributed by atoms with E-state index in [0.29, 0.717) is 11.7 Å². The molecule has 2 unspecified atom stereocenters. The molecule has 2 fully saturated rings. The number of hydrazine groups is 1. The molecule has 35 heavy (non-hydrogen) atoms. The van der Waals surface area contributed by atoms with Gasteiger partial charge in [0.25, 0.3) is 5.91 Å². The molecule has 1 amide bonds. The Morgan fingerprint density at radius 3 is 2.63 bits per heavy atom. The summed E-state index contributed by atoms with van der Waals surface area (Å²) in [5.41, 5.74) is 4.49. The molecular weight excluding hydrogens is 438 g/mol. The molecule has 3 aliphatic heterocycles. The highest BCUT2D eigenvalue weighted by atomic mass is 16.5. The molecule has 0 saturated carbocycles. The molecule has 0 radical (unpaired) electrons. The van der Waals surface area contributed by atoms with Gasteiger partial charge in [-0.15, -0.1) is 0 Å². The van der Waals surface area contributed by atoms with Crippen LogP contribution in [0.5, 0.6) is 0 Å². The molecule has 3 atom stereocenters. The molecule has 1 aliphatic carbocycles. The fourth-order valence-corrected chi connectivity index (χ4v) is 6.12. The third-order valence-corrected chi connectivity index (χ3v) is 8.01. The van der Waals surface area contributed by atoms with Crippen LogP contribution >= 0.6 is 0 Å². The third kappa shape index (κ3) is 3.62. The lowest BCUT2D eigenvalue weighted by molar-refractivity contribution is -0.118. The summed E-state index contributed by atoms with van der Waals surface area (Å²) in [5.74, 6) is -0.0631. The van der Waals surface area contributed by atoms with E-state index in [-0.39, 0.29) is 18.0 Å². The zero-order valence-corrected chi connectivity index (χ0v) is 20.3. The number of carbonyl (C=O) groups is 1. The van der Waals surface area contributed by atoms with Crippen molar-refractivity contribution in [3.05, 3.63) is 89.1 Å². The van der Waals surface area contributed by atoms with E-state index in [9.17, 15) is 4.79 Å². The summed E-state index contributed by atoms with van der Waals surface area (Å²) in [5, 5.41) is 15.6. The minimum absolute atomic E-state index is 0.0631. The molecule has 3 N–H and O–H groups in total. The Bertz CT molecular complexity index is 1170. The molecule has 2 aromatic carbocycles. The van der Waals surface area contributed by atoms with E-state index in [1.165, 1.54) is 5.56 Å². The van der Waals surface area contributed by atoms with E-state index < -0.39 is 5.54 Å². The normalized spacial score (nSPS) is 27.2. The van der Waals surface area contributed by atoms with Crippen LogP contribution in [0, 0.1) is 0 Å². The maximum absolute atomic E-state index is 13.6. The number of methoxy groups -OCH3 is 1. The molecule has 3 heterocycles. The Labute approximate surface area is 206 Å². The number of ether oxygens (including phenoxy) is 1. The Balaban J connectivity index is 1.33. The van der Waals surface area contributed by atoms with Crippen molar-refractivity contribution in [1.82, 2.24) is 20.7 Å². The van der Waals surface area contributed by atoms with Gasteiger partial charge in [-0.05, 0) is 37.5 Å². The van der Waals surface area contributed by atoms with Crippen molar-refractivity contribution in [2.45, 2.75) is 43.5 Å². The Kier molecular flexibility index (Phi) is 5.73. The van der Waals surface area contributed by atoms with Crippen LogP contribution < -0.4 is 16.0 Å². The number of rotatable bonds is 5. The van der Waals surface area contributed by atoms with E-state index in [4.69, 9.17) is 4.74 Å². The monoisotopic (exact) mass is 471 g/mol. The predicted molar refractivity (Wildman–Crippen MR) is 136 cm³/mol. The van der Waals surface area contributed by atoms with Crippen molar-refractivity contribution in [2.24, 2.45) is 0 Å². The van der Waals surface area contributed by atoms with Gasteiger partial charge in [-0.25, -0.2) is 10.0 Å². The maximum Gasteiger partial charge on any atom is 0.253 e. The molecule has 2 saturated heterocycles. The number of carbonyl (C=O) groups excluding carboxylic acids is 1. The zero-order valence-electron chi connectivity index (χ0n) is 20.3. The molecular formula is C28H33N5O2. The molecule has 1 spiro atoms. The number of fused-ring (bicyclic) bond motifs is 1. The van der Waals surface area contributed by atoms with Gasteiger partial charge in [0.15, 0.2) is 0 Å². The quantitative estimate of drug-likeness (QED) is 0.622. The van der Waals surface area contributed by atoms with Crippen molar-refractivity contribution in [3.8, 4) is 0 Å². The summed E-state index contributed by atoms with van der Waals surface area (Å²) in [7, 11) is 1.81. The SMILES string of the molecule is COC1CCN(N2CNC34C(=C(C(=O)NC(C)c5ccccc5)C=C[C@@H]23)Nc2ccccc24)CC1. The molecule has 7 nitrogen and oxygen atoms in total. The number of hydrogen-bond donors (Lipinski definition) is 3. The van der Waals surface area contributed by atoms with Crippen molar-refractivity contribution in [1.29, 1.82) is 0 Å². The first kappa shape index (κ1) is 22.5. The molecule has 4 aliphatic rings. The highest BCUT2D eigenvalue weighted by molar-refractivity contribution is 5.99. The number of nitrogens with one attached hydrogen (secondary N) is 3. The fourth-order valence-electron chi connectivity index (χ4n) is 6.12. The second-order valence-electron chi connectivity index (χ2n) is 9.84. The third-order valence-electron chi connectivity index (χ3n) is 8.01. The van der Waals surface area contributed by atoms with Gasteiger partial charge in [-0.2, -0.15) is 0 Å². The van der Waals surface area contributed by atoms with E-state index in [0.717, 1.165) is 49.5 Å². The molecule has 0 aromatic heterocycles. The highest BCUT2D eigenvalue weighted by Gasteiger charge is 2.58. The number of hydrogen-bond acceptors (Lipinski definition) is 6. The minimum Gasteiger partial charge on any atom is -0.381 e. The second-order valence-corrected chi connectivity index (χ2v) is 9.84. The van der Waals surface area contributed by atoms with Gasteiger partial charge in [0, 0.05) is 31.5 Å². The minimum atomic E-state index is -0.480. The van der Waals surface area contributed by atoms with Crippen molar-refractivity contribution in [3.63, 3.8) is 0 Å². The molecule has 6 rings (SSSR count). The van der Waals surface area contributed by atoms with E-state index >= 15 is 0 Å². The molecule has 0 bridgehead atoms. The summed E-state index contributed by atoms with van der Waals surface area (Å²) in [6.45, 7) is 4.69. The molecule has 2 aromatic rings. The topological polar surface area (TPSA) is 68.9 Å². The average Bonchev–Trinajstić information content (AvgIpc) is 3.46. The lowest BCUT2D eigenvalue weighted by atomic mass is 9.78. The molecule has 182 valence electrons. The predicted octanol–water partition coefficient (Wildman–Crippen LogP) is 3.27. The highest BCUT2D eigenvalue weighted by Crippen LogP contribution is 2.51. The molecule has 7 heteroatoms. The van der Waals surface area contributed by atoms with Crippen LogP contribution in [0.3, 0.4) is 0 Å². The van der Waals surface area contributed by atoms with E-state index in [1.807, 2.05) is 49.4 Å². The Morgan fingerprint density at radius 2 is 1.86 bits per heavy atom. The number of para-hydroxylation sites is 1. The fraction of sp³-hybridized carbons (Fsp3) is 0.393. The van der Waals surface area contributed by atoms with Crippen LogP contribution in [0.15, 0.2) is 78.0 Å². The Hall–Kier alpha value is -2.97. The lowest BCUT2D eigenvalue weighted by Gasteiger charge is -2.43. The standard InChI is InChI=1S/C28H33N5O2/c1-19(20-8-4-3-5-9-20)30-27(34)22-12-13-25-28(23-10-6-7-11-24(23)31-26(22)28)29-18-33(25)32-16-14-21(35-2)15-17-32/h3-13,19,21,25,29,31H,14-18H2,1-2H3,(H,30,34)/t19?,25-,28?/m1/s1. The number of benzene rings is 2. The van der Waals surface area contributed by atoms with Gasteiger partial charge in [0.05, 0.1) is 36.1 Å². The van der Waals surface area contributed by atoms with Gasteiger partial charge < -0.3 is 15.4 Å². The number of anilines is 1. The van der Waals surface area contributed by atoms with Crippen LogP contribution in [0.2, 0.25) is 0 Å². The van der Waals surface area contributed by atoms with Crippen molar-refractivity contribution >= 4 is 11.6 Å². The van der Waals surface area contributed by atoms with Crippen LogP contribution in [-0.2, 0) is 15.1 Å². The number of piperidine rings is 1. The van der Waals surface area contributed by atoms with Gasteiger partial charge in [0.2, 0.25) is 0 Å². The van der Waals surface area contributed by atoms with E-state index in [1.54, 1.807) is 7.11 Å². The summed E-state index contributed by atoms with van der Waals surface area (Å²) in [6, 6.07) is 18.5. The van der Waals surface area contributed by atoms with Gasteiger partial charge in [0.1, 0.15) is 5.54 Å². The second kappa shape index (κ2) is 8.91. The van der Waals surface area contributed by atoms with Crippen LogP contribution in [0.4, 0.5) is 5.69 Å². The number of amides is 1. The van der Waals surface area contributed by atoms with Gasteiger partial charge in [-0.1, -0.05) is 54.6 Å². The summed E-state index contributed by atoms with van der Waals surface area (Å²) in [6.07, 6.45) is 6.60. The lowest BCUT2D eigenvalue weighted by Crippen LogP contribution is -2.54. The van der Waals surface area contributed by atoms with Crippen LogP contribution in [0.1, 0.15) is 36.9 Å². The summed E-state index contributed by atoms with van der Waals surface area (Å²) < 4.78 is 5.59. The van der Waals surface area contributed by atoms with Gasteiger partial charge >= 0.3 is 0 Å². The summed E-state index contributed by atoms with van der Waals surface area (Å²) in [4.78, 5) is 13.6. The van der Waals surface area contributed by atoms with Gasteiger partial charge in [-0.3, -0.25) is 10.1 Å². The number of nitrogens with zero attached hydrogens (tertiary/aromatic N) is 2. The average molecular weight is 472 g/mol. The van der Waals surface area contributed by atoms with Crippen molar-refractivity contribution in [2.75, 3.05) is 32.2 Å². The summed E-state index contributed by atoms with van der Waals surface area (Å²) >= 11 is 0.